The van der Waals surface area contributed by atoms with Crippen molar-refractivity contribution in [3.8, 4) is 11.1 Å². The third kappa shape index (κ3) is 2.51. The first kappa shape index (κ1) is 12.2. The Morgan fingerprint density at radius 3 is 2.47 bits per heavy atom. The summed E-state index contributed by atoms with van der Waals surface area (Å²) in [5.74, 6) is 0. The summed E-state index contributed by atoms with van der Waals surface area (Å²) in [6, 6.07) is 17.4. The van der Waals surface area contributed by atoms with Crippen molar-refractivity contribution < 1.29 is 0 Å². The van der Waals surface area contributed by atoms with Gasteiger partial charge in [-0.2, -0.15) is 0 Å². The SMILES string of the molecule is Cl.c1ccc(-c2ccc3c(c2)CNCC3)cc1. The Kier molecular flexibility index (Phi) is 3.82. The molecule has 0 spiro atoms. The molecule has 1 aliphatic heterocycles. The molecule has 0 aliphatic carbocycles. The van der Waals surface area contributed by atoms with Crippen LogP contribution in [0, 0.1) is 0 Å². The monoisotopic (exact) mass is 245 g/mol. The average Bonchev–Trinajstić information content (AvgIpc) is 2.39. The van der Waals surface area contributed by atoms with Gasteiger partial charge in [0.2, 0.25) is 0 Å². The van der Waals surface area contributed by atoms with Crippen molar-refractivity contribution in [3.63, 3.8) is 0 Å². The number of nitrogens with one attached hydrogen (secondary N) is 1. The smallest absolute Gasteiger partial charge is 0.0208 e. The van der Waals surface area contributed by atoms with Gasteiger partial charge in [-0.3, -0.25) is 0 Å². The van der Waals surface area contributed by atoms with E-state index in [-0.39, 0.29) is 12.4 Å². The molecule has 3 rings (SSSR count). The highest BCUT2D eigenvalue weighted by Crippen LogP contribution is 2.23. The van der Waals surface area contributed by atoms with E-state index in [1.54, 1.807) is 0 Å². The van der Waals surface area contributed by atoms with Gasteiger partial charge in [0, 0.05) is 6.54 Å². The lowest BCUT2D eigenvalue weighted by molar-refractivity contribution is 0.644. The van der Waals surface area contributed by atoms with Gasteiger partial charge in [0.05, 0.1) is 0 Å². The maximum Gasteiger partial charge on any atom is 0.0208 e. The van der Waals surface area contributed by atoms with E-state index in [0.29, 0.717) is 0 Å². The maximum absolute atomic E-state index is 3.42. The number of benzene rings is 2. The summed E-state index contributed by atoms with van der Waals surface area (Å²) in [5.41, 5.74) is 5.57. The molecule has 0 unspecified atom stereocenters. The number of fused-ring (bicyclic) bond motifs is 1. The van der Waals surface area contributed by atoms with Crippen molar-refractivity contribution in [3.05, 3.63) is 59.7 Å². The number of halogens is 1. The van der Waals surface area contributed by atoms with E-state index in [1.165, 1.54) is 22.3 Å². The van der Waals surface area contributed by atoms with Crippen molar-refractivity contribution in [1.29, 1.82) is 0 Å². The van der Waals surface area contributed by atoms with Gasteiger partial charge in [0.25, 0.3) is 0 Å². The zero-order valence-electron chi connectivity index (χ0n) is 9.65. The van der Waals surface area contributed by atoms with Crippen LogP contribution >= 0.6 is 12.4 Å². The lowest BCUT2D eigenvalue weighted by Gasteiger charge is -2.17. The zero-order chi connectivity index (χ0) is 10.8. The van der Waals surface area contributed by atoms with Crippen LogP contribution in [0.5, 0.6) is 0 Å². The van der Waals surface area contributed by atoms with E-state index >= 15 is 0 Å². The molecule has 0 saturated heterocycles. The van der Waals surface area contributed by atoms with Gasteiger partial charge in [-0.1, -0.05) is 42.5 Å². The van der Waals surface area contributed by atoms with Crippen LogP contribution in [0.15, 0.2) is 48.5 Å². The number of hydrogen-bond donors (Lipinski definition) is 1. The highest BCUT2D eigenvalue weighted by Gasteiger charge is 2.09. The van der Waals surface area contributed by atoms with Gasteiger partial charge in [-0.25, -0.2) is 0 Å². The maximum atomic E-state index is 3.42. The van der Waals surface area contributed by atoms with Crippen LogP contribution in [0.4, 0.5) is 0 Å². The van der Waals surface area contributed by atoms with Crippen molar-refractivity contribution in [2.75, 3.05) is 6.54 Å². The first-order chi connectivity index (χ1) is 7.93. The fourth-order valence-corrected chi connectivity index (χ4v) is 2.29. The molecule has 2 heteroatoms. The van der Waals surface area contributed by atoms with Crippen molar-refractivity contribution >= 4 is 12.4 Å². The third-order valence-corrected chi connectivity index (χ3v) is 3.20. The van der Waals surface area contributed by atoms with E-state index < -0.39 is 0 Å². The van der Waals surface area contributed by atoms with E-state index in [9.17, 15) is 0 Å². The predicted molar refractivity (Wildman–Crippen MR) is 74.5 cm³/mol. The summed E-state index contributed by atoms with van der Waals surface area (Å²) in [7, 11) is 0. The highest BCUT2D eigenvalue weighted by molar-refractivity contribution is 5.85. The molecule has 0 saturated carbocycles. The largest absolute Gasteiger partial charge is 0.312 e. The molecule has 17 heavy (non-hydrogen) atoms. The van der Waals surface area contributed by atoms with Gasteiger partial charge in [-0.05, 0) is 41.3 Å². The molecule has 0 aromatic heterocycles. The number of rotatable bonds is 1. The molecule has 1 heterocycles. The van der Waals surface area contributed by atoms with Crippen LogP contribution in [0.25, 0.3) is 11.1 Å². The summed E-state index contributed by atoms with van der Waals surface area (Å²) in [6.07, 6.45) is 1.16. The normalized spacial score (nSPS) is 13.6. The molecule has 0 amide bonds. The Labute approximate surface area is 108 Å². The second-order valence-corrected chi connectivity index (χ2v) is 4.28. The van der Waals surface area contributed by atoms with Gasteiger partial charge in [-0.15, -0.1) is 12.4 Å². The van der Waals surface area contributed by atoms with E-state index in [0.717, 1.165) is 19.5 Å². The second-order valence-electron chi connectivity index (χ2n) is 4.28. The van der Waals surface area contributed by atoms with E-state index in [1.807, 2.05) is 0 Å². The van der Waals surface area contributed by atoms with Crippen LogP contribution in [0.2, 0.25) is 0 Å². The molecule has 0 fully saturated rings. The minimum absolute atomic E-state index is 0. The first-order valence-corrected chi connectivity index (χ1v) is 5.81. The molecule has 1 aliphatic rings. The summed E-state index contributed by atoms with van der Waals surface area (Å²) < 4.78 is 0. The lowest BCUT2D eigenvalue weighted by Crippen LogP contribution is -2.23. The summed E-state index contributed by atoms with van der Waals surface area (Å²) in [5, 5.41) is 3.42. The van der Waals surface area contributed by atoms with Crippen molar-refractivity contribution in [1.82, 2.24) is 5.32 Å². The second kappa shape index (κ2) is 5.35. The zero-order valence-corrected chi connectivity index (χ0v) is 10.5. The standard InChI is InChI=1S/C15H15N.ClH/c1-2-4-12(5-3-1)14-7-6-13-8-9-16-11-15(13)10-14;/h1-7,10,16H,8-9,11H2;1H. The topological polar surface area (TPSA) is 12.0 Å². The Morgan fingerprint density at radius 1 is 0.824 bits per heavy atom. The van der Waals surface area contributed by atoms with Crippen LogP contribution in [-0.2, 0) is 13.0 Å². The molecule has 2 aromatic rings. The molecular weight excluding hydrogens is 230 g/mol. The number of hydrogen-bond acceptors (Lipinski definition) is 1. The molecule has 0 atom stereocenters. The lowest BCUT2D eigenvalue weighted by atomic mass is 9.96. The average molecular weight is 246 g/mol. The summed E-state index contributed by atoms with van der Waals surface area (Å²) >= 11 is 0. The van der Waals surface area contributed by atoms with Gasteiger partial charge < -0.3 is 5.32 Å². The quantitative estimate of drug-likeness (QED) is 0.812. The molecule has 1 nitrogen and oxygen atoms in total. The molecule has 2 aromatic carbocycles. The first-order valence-electron chi connectivity index (χ1n) is 5.81. The van der Waals surface area contributed by atoms with Gasteiger partial charge in [0.1, 0.15) is 0 Å². The highest BCUT2D eigenvalue weighted by atomic mass is 35.5. The Bertz CT molecular complexity index is 494. The molecular formula is C15H16ClN. The third-order valence-electron chi connectivity index (χ3n) is 3.20. The van der Waals surface area contributed by atoms with Crippen LogP contribution < -0.4 is 5.32 Å². The molecule has 1 N–H and O–H groups in total. The Morgan fingerprint density at radius 2 is 1.65 bits per heavy atom. The van der Waals surface area contributed by atoms with Crippen molar-refractivity contribution in [2.24, 2.45) is 0 Å². The molecule has 88 valence electrons. The fourth-order valence-electron chi connectivity index (χ4n) is 2.29. The summed E-state index contributed by atoms with van der Waals surface area (Å²) in [6.45, 7) is 2.12. The minimum atomic E-state index is 0. The van der Waals surface area contributed by atoms with Crippen LogP contribution in [0.1, 0.15) is 11.1 Å². The van der Waals surface area contributed by atoms with Crippen LogP contribution in [-0.4, -0.2) is 6.54 Å². The van der Waals surface area contributed by atoms with Gasteiger partial charge >= 0.3 is 0 Å². The molecule has 0 bridgehead atoms. The minimum Gasteiger partial charge on any atom is -0.312 e. The predicted octanol–water partition coefficient (Wildman–Crippen LogP) is 3.42. The Balaban J connectivity index is 0.00000108. The van der Waals surface area contributed by atoms with Gasteiger partial charge in [0.15, 0.2) is 0 Å². The Hall–Kier alpha value is -1.31. The van der Waals surface area contributed by atoms with E-state index in [4.69, 9.17) is 0 Å². The molecule has 0 radical (unpaired) electrons. The van der Waals surface area contributed by atoms with E-state index in [2.05, 4.69) is 53.8 Å². The summed E-state index contributed by atoms with van der Waals surface area (Å²) in [4.78, 5) is 0. The van der Waals surface area contributed by atoms with Crippen LogP contribution in [0.3, 0.4) is 0 Å². The fraction of sp³-hybridized carbons (Fsp3) is 0.200. The van der Waals surface area contributed by atoms with Crippen molar-refractivity contribution in [2.45, 2.75) is 13.0 Å².